The van der Waals surface area contributed by atoms with E-state index in [1.807, 2.05) is 11.0 Å². The number of carbonyl (C=O) groups is 2. The van der Waals surface area contributed by atoms with Crippen LogP contribution in [0.15, 0.2) is 24.3 Å². The highest BCUT2D eigenvalue weighted by atomic mass is 35.5. The lowest BCUT2D eigenvalue weighted by molar-refractivity contribution is -0.129. The second-order valence-electron chi connectivity index (χ2n) is 6.00. The number of nitrogens with zero attached hydrogens (tertiary/aromatic N) is 4. The summed E-state index contributed by atoms with van der Waals surface area (Å²) < 4.78 is 0. The van der Waals surface area contributed by atoms with Crippen LogP contribution in [0, 0.1) is 6.92 Å². The maximum Gasteiger partial charge on any atom is 0.273 e. The van der Waals surface area contributed by atoms with Crippen molar-refractivity contribution in [1.29, 1.82) is 0 Å². The molecule has 0 spiro atoms. The highest BCUT2D eigenvalue weighted by Crippen LogP contribution is 2.14. The number of aryl methyl sites for hydroxylation is 1. The van der Waals surface area contributed by atoms with Crippen molar-refractivity contribution in [2.75, 3.05) is 19.6 Å². The lowest BCUT2D eigenvalue weighted by atomic mass is 10.3. The molecule has 0 bridgehead atoms. The van der Waals surface area contributed by atoms with E-state index in [0.29, 0.717) is 22.8 Å². The fourth-order valence-corrected chi connectivity index (χ4v) is 2.98. The van der Waals surface area contributed by atoms with Gasteiger partial charge in [-0.1, -0.05) is 17.7 Å². The molecule has 1 N–H and O–H groups in total. The molecule has 0 unspecified atom stereocenters. The Morgan fingerprint density at radius 2 is 2.00 bits per heavy atom. The monoisotopic (exact) mass is 361 g/mol. The molecule has 0 radical (unpaired) electrons. The van der Waals surface area contributed by atoms with Crippen molar-refractivity contribution < 1.29 is 9.59 Å². The van der Waals surface area contributed by atoms with E-state index in [2.05, 4.69) is 15.5 Å². The largest absolute Gasteiger partial charge is 0.350 e. The van der Waals surface area contributed by atoms with Gasteiger partial charge in [-0.05, 0) is 38.0 Å². The van der Waals surface area contributed by atoms with Crippen LogP contribution >= 0.6 is 11.6 Å². The van der Waals surface area contributed by atoms with Crippen LogP contribution in [0.25, 0.3) is 5.69 Å². The number of hydrogen-bond acceptors (Lipinski definition) is 4. The van der Waals surface area contributed by atoms with Gasteiger partial charge in [-0.25, -0.2) is 0 Å². The molecule has 0 saturated carbocycles. The predicted octanol–water partition coefficient (Wildman–Crippen LogP) is 1.97. The van der Waals surface area contributed by atoms with Crippen molar-refractivity contribution in [3.05, 3.63) is 40.7 Å². The number of nitrogens with one attached hydrogen (secondary N) is 1. The van der Waals surface area contributed by atoms with Crippen molar-refractivity contribution in [1.82, 2.24) is 25.2 Å². The first kappa shape index (κ1) is 17.4. The summed E-state index contributed by atoms with van der Waals surface area (Å²) in [5.74, 6) is -0.253. The van der Waals surface area contributed by atoms with E-state index in [4.69, 9.17) is 11.6 Å². The van der Waals surface area contributed by atoms with E-state index in [9.17, 15) is 9.59 Å². The fraction of sp³-hybridized carbons (Fsp3) is 0.412. The maximum atomic E-state index is 12.3. The minimum atomic E-state index is -0.333. The Labute approximate surface area is 150 Å². The SMILES string of the molecule is Cc1nn(-c2cccc(Cl)c2)nc1C(=O)NCCC(=O)N1CCCC1. The smallest absolute Gasteiger partial charge is 0.273 e. The van der Waals surface area contributed by atoms with E-state index < -0.39 is 0 Å². The van der Waals surface area contributed by atoms with Gasteiger partial charge in [0.25, 0.3) is 5.91 Å². The summed E-state index contributed by atoms with van der Waals surface area (Å²) in [4.78, 5) is 27.5. The zero-order valence-corrected chi connectivity index (χ0v) is 14.8. The molecular formula is C17H20ClN5O2. The molecular weight excluding hydrogens is 342 g/mol. The van der Waals surface area contributed by atoms with Gasteiger partial charge in [-0.15, -0.1) is 5.10 Å². The van der Waals surface area contributed by atoms with E-state index >= 15 is 0 Å². The minimum Gasteiger partial charge on any atom is -0.350 e. The Hall–Kier alpha value is -2.41. The number of amides is 2. The average Bonchev–Trinajstić information content (AvgIpc) is 3.24. The van der Waals surface area contributed by atoms with Crippen molar-refractivity contribution in [2.45, 2.75) is 26.2 Å². The topological polar surface area (TPSA) is 80.1 Å². The van der Waals surface area contributed by atoms with Gasteiger partial charge in [0, 0.05) is 31.1 Å². The lowest BCUT2D eigenvalue weighted by Gasteiger charge is -2.14. The van der Waals surface area contributed by atoms with Gasteiger partial charge < -0.3 is 10.2 Å². The number of hydrogen-bond donors (Lipinski definition) is 1. The summed E-state index contributed by atoms with van der Waals surface area (Å²) in [7, 11) is 0. The Balaban J connectivity index is 1.59. The molecule has 2 aromatic rings. The Bertz CT molecular complexity index is 783. The zero-order valence-electron chi connectivity index (χ0n) is 14.0. The van der Waals surface area contributed by atoms with Crippen LogP contribution in [0.5, 0.6) is 0 Å². The van der Waals surface area contributed by atoms with Crippen molar-refractivity contribution in [3.63, 3.8) is 0 Å². The summed E-state index contributed by atoms with van der Waals surface area (Å²) in [6.45, 7) is 3.65. The molecule has 2 amide bonds. The van der Waals surface area contributed by atoms with Gasteiger partial charge in [0.2, 0.25) is 5.91 Å². The number of carbonyl (C=O) groups excluding carboxylic acids is 2. The highest BCUT2D eigenvalue weighted by Gasteiger charge is 2.19. The van der Waals surface area contributed by atoms with Gasteiger partial charge in [0.1, 0.15) is 0 Å². The summed E-state index contributed by atoms with van der Waals surface area (Å²) >= 11 is 5.97. The summed E-state index contributed by atoms with van der Waals surface area (Å²) in [6.07, 6.45) is 2.42. The summed E-state index contributed by atoms with van der Waals surface area (Å²) in [5, 5.41) is 11.8. The minimum absolute atomic E-state index is 0.0807. The third-order valence-corrected chi connectivity index (χ3v) is 4.35. The predicted molar refractivity (Wildman–Crippen MR) is 93.9 cm³/mol. The first-order valence-corrected chi connectivity index (χ1v) is 8.68. The van der Waals surface area contributed by atoms with Crippen molar-refractivity contribution >= 4 is 23.4 Å². The average molecular weight is 362 g/mol. The van der Waals surface area contributed by atoms with Crippen LogP contribution in [0.1, 0.15) is 35.4 Å². The van der Waals surface area contributed by atoms with Crippen LogP contribution in [0.3, 0.4) is 0 Å². The second-order valence-corrected chi connectivity index (χ2v) is 6.43. The third kappa shape index (κ3) is 4.17. The number of halogens is 1. The molecule has 132 valence electrons. The normalized spacial score (nSPS) is 13.9. The molecule has 3 rings (SSSR count). The van der Waals surface area contributed by atoms with Crippen LogP contribution in [0.4, 0.5) is 0 Å². The van der Waals surface area contributed by atoms with Crippen LogP contribution in [-0.2, 0) is 4.79 Å². The summed E-state index contributed by atoms with van der Waals surface area (Å²) in [6, 6.07) is 7.08. The molecule has 2 heterocycles. The van der Waals surface area contributed by atoms with Crippen LogP contribution in [-0.4, -0.2) is 51.3 Å². The van der Waals surface area contributed by atoms with Crippen LogP contribution in [0.2, 0.25) is 5.02 Å². The van der Waals surface area contributed by atoms with Gasteiger partial charge >= 0.3 is 0 Å². The van der Waals surface area contributed by atoms with E-state index in [-0.39, 0.29) is 24.1 Å². The Morgan fingerprint density at radius 3 is 2.72 bits per heavy atom. The molecule has 8 heteroatoms. The number of benzene rings is 1. The lowest BCUT2D eigenvalue weighted by Crippen LogP contribution is -2.33. The molecule has 1 aliphatic rings. The van der Waals surface area contributed by atoms with Crippen molar-refractivity contribution in [2.24, 2.45) is 0 Å². The van der Waals surface area contributed by atoms with Crippen LogP contribution < -0.4 is 5.32 Å². The quantitative estimate of drug-likeness (QED) is 0.883. The Morgan fingerprint density at radius 1 is 1.24 bits per heavy atom. The fourth-order valence-electron chi connectivity index (χ4n) is 2.80. The molecule has 0 aliphatic carbocycles. The first-order chi connectivity index (χ1) is 12.0. The third-order valence-electron chi connectivity index (χ3n) is 4.12. The zero-order chi connectivity index (χ0) is 17.8. The number of rotatable bonds is 5. The number of likely N-dealkylation sites (tertiary alicyclic amines) is 1. The Kier molecular flexibility index (Phi) is 5.33. The van der Waals surface area contributed by atoms with E-state index in [1.54, 1.807) is 25.1 Å². The molecule has 1 aromatic heterocycles. The molecule has 25 heavy (non-hydrogen) atoms. The van der Waals surface area contributed by atoms with Gasteiger partial charge in [0.05, 0.1) is 11.4 Å². The van der Waals surface area contributed by atoms with E-state index in [1.165, 1.54) is 4.80 Å². The van der Waals surface area contributed by atoms with E-state index in [0.717, 1.165) is 25.9 Å². The molecule has 1 saturated heterocycles. The summed E-state index contributed by atoms with van der Waals surface area (Å²) in [5.41, 5.74) is 1.44. The first-order valence-electron chi connectivity index (χ1n) is 8.30. The standard InChI is InChI=1S/C17H20ClN5O2/c1-12-16(21-23(20-12)14-6-4-5-13(18)11-14)17(25)19-8-7-15(24)22-9-2-3-10-22/h4-6,11H,2-3,7-10H2,1H3,(H,19,25). The second kappa shape index (κ2) is 7.65. The van der Waals surface area contributed by atoms with Gasteiger partial charge in [0.15, 0.2) is 5.69 Å². The maximum absolute atomic E-state index is 12.3. The highest BCUT2D eigenvalue weighted by molar-refractivity contribution is 6.30. The molecule has 7 nitrogen and oxygen atoms in total. The molecule has 1 fully saturated rings. The molecule has 0 atom stereocenters. The van der Waals surface area contributed by atoms with Gasteiger partial charge in [-0.2, -0.15) is 9.90 Å². The molecule has 1 aromatic carbocycles. The van der Waals surface area contributed by atoms with Crippen molar-refractivity contribution in [3.8, 4) is 5.69 Å². The molecule has 1 aliphatic heterocycles. The number of aromatic nitrogens is 3. The van der Waals surface area contributed by atoms with Gasteiger partial charge in [-0.3, -0.25) is 9.59 Å².